The van der Waals surface area contributed by atoms with E-state index >= 15 is 0 Å². The third-order valence-electron chi connectivity index (χ3n) is 2.58. The highest BCUT2D eigenvalue weighted by atomic mass is 19.1. The van der Waals surface area contributed by atoms with E-state index in [1.807, 2.05) is 0 Å². The van der Waals surface area contributed by atoms with Gasteiger partial charge in [0.15, 0.2) is 0 Å². The first-order chi connectivity index (χ1) is 9.13. The molecule has 0 aromatic heterocycles. The molecule has 0 spiro atoms. The summed E-state index contributed by atoms with van der Waals surface area (Å²) in [6, 6.07) is 13.0. The molecule has 0 aliphatic rings. The summed E-state index contributed by atoms with van der Waals surface area (Å²) in [6.07, 6.45) is 0.00499. The molecule has 0 saturated carbocycles. The average molecular weight is 260 g/mol. The van der Waals surface area contributed by atoms with Crippen LogP contribution in [-0.2, 0) is 17.8 Å². The molecule has 19 heavy (non-hydrogen) atoms. The number of carboxylic acids is 1. The van der Waals surface area contributed by atoms with Crippen molar-refractivity contribution in [3.63, 3.8) is 0 Å². The lowest BCUT2D eigenvalue weighted by molar-refractivity contribution is -0.136. The van der Waals surface area contributed by atoms with Gasteiger partial charge >= 0.3 is 5.97 Å². The third-order valence-corrected chi connectivity index (χ3v) is 2.58. The Bertz CT molecular complexity index is 564. The topological polar surface area (TPSA) is 46.5 Å². The minimum Gasteiger partial charge on any atom is -0.489 e. The lowest BCUT2D eigenvalue weighted by Gasteiger charge is -2.06. The second-order valence-electron chi connectivity index (χ2n) is 4.13. The third kappa shape index (κ3) is 4.10. The van der Waals surface area contributed by atoms with Crippen LogP contribution < -0.4 is 4.74 Å². The zero-order valence-electron chi connectivity index (χ0n) is 10.2. The molecule has 0 atom stereocenters. The summed E-state index contributed by atoms with van der Waals surface area (Å²) in [5.41, 5.74) is 1.64. The van der Waals surface area contributed by atoms with Gasteiger partial charge in [-0.1, -0.05) is 30.3 Å². The van der Waals surface area contributed by atoms with Gasteiger partial charge < -0.3 is 9.84 Å². The number of carboxylic acid groups (broad SMARTS) is 1. The van der Waals surface area contributed by atoms with E-state index in [9.17, 15) is 9.18 Å². The van der Waals surface area contributed by atoms with E-state index in [-0.39, 0.29) is 12.2 Å². The van der Waals surface area contributed by atoms with Crippen LogP contribution in [0.25, 0.3) is 0 Å². The van der Waals surface area contributed by atoms with Crippen LogP contribution in [0, 0.1) is 5.82 Å². The Kier molecular flexibility index (Phi) is 4.13. The van der Waals surface area contributed by atoms with Crippen molar-refractivity contribution in [2.24, 2.45) is 0 Å². The Hall–Kier alpha value is -2.36. The van der Waals surface area contributed by atoms with Crippen molar-refractivity contribution in [2.45, 2.75) is 13.0 Å². The molecule has 1 N–H and O–H groups in total. The normalized spacial score (nSPS) is 10.2. The molecule has 0 aliphatic heterocycles. The van der Waals surface area contributed by atoms with Crippen LogP contribution in [-0.4, -0.2) is 11.1 Å². The maximum Gasteiger partial charge on any atom is 0.307 e. The van der Waals surface area contributed by atoms with Crippen LogP contribution in [0.2, 0.25) is 0 Å². The largest absolute Gasteiger partial charge is 0.489 e. The van der Waals surface area contributed by atoms with Crippen molar-refractivity contribution in [3.05, 3.63) is 65.5 Å². The van der Waals surface area contributed by atoms with Gasteiger partial charge in [-0.15, -0.1) is 0 Å². The summed E-state index contributed by atoms with van der Waals surface area (Å²) in [5.74, 6) is -0.729. The Balaban J connectivity index is 1.94. The van der Waals surface area contributed by atoms with Crippen molar-refractivity contribution >= 4 is 5.97 Å². The Morgan fingerprint density at radius 3 is 2.42 bits per heavy atom. The van der Waals surface area contributed by atoms with Crippen LogP contribution in [0.1, 0.15) is 11.1 Å². The van der Waals surface area contributed by atoms with Crippen molar-refractivity contribution in [1.29, 1.82) is 0 Å². The Morgan fingerprint density at radius 2 is 1.79 bits per heavy atom. The highest BCUT2D eigenvalue weighted by Gasteiger charge is 2.01. The fraction of sp³-hybridized carbons (Fsp3) is 0.133. The van der Waals surface area contributed by atoms with Gasteiger partial charge in [-0.25, -0.2) is 4.39 Å². The standard InChI is InChI=1S/C15H13FO3/c16-13-2-1-3-14(9-13)19-10-12-6-4-11(5-7-12)8-15(17)18/h1-7,9H,8,10H2,(H,17,18). The number of aliphatic carboxylic acids is 1. The van der Waals surface area contributed by atoms with E-state index in [1.165, 1.54) is 12.1 Å². The molecule has 2 aromatic rings. The fourth-order valence-corrected chi connectivity index (χ4v) is 1.65. The Labute approximate surface area is 110 Å². The summed E-state index contributed by atoms with van der Waals surface area (Å²) in [4.78, 5) is 10.5. The van der Waals surface area contributed by atoms with Crippen LogP contribution in [0.3, 0.4) is 0 Å². The highest BCUT2D eigenvalue weighted by Crippen LogP contribution is 2.14. The Morgan fingerprint density at radius 1 is 1.11 bits per heavy atom. The summed E-state index contributed by atoms with van der Waals surface area (Å²) in [7, 11) is 0. The predicted octanol–water partition coefficient (Wildman–Crippen LogP) is 3.03. The molecule has 0 unspecified atom stereocenters. The van der Waals surface area contributed by atoms with Crippen molar-refractivity contribution < 1.29 is 19.0 Å². The fourth-order valence-electron chi connectivity index (χ4n) is 1.65. The number of hydrogen-bond donors (Lipinski definition) is 1. The van der Waals surface area contributed by atoms with Crippen molar-refractivity contribution in [3.8, 4) is 5.75 Å². The SMILES string of the molecule is O=C(O)Cc1ccc(COc2cccc(F)c2)cc1. The van der Waals surface area contributed by atoms with Gasteiger partial charge in [-0.05, 0) is 23.3 Å². The zero-order chi connectivity index (χ0) is 13.7. The molecule has 3 nitrogen and oxygen atoms in total. The van der Waals surface area contributed by atoms with Gasteiger partial charge in [0, 0.05) is 6.07 Å². The molecule has 0 bridgehead atoms. The summed E-state index contributed by atoms with van der Waals surface area (Å²) < 4.78 is 18.4. The molecule has 0 amide bonds. The predicted molar refractivity (Wildman–Crippen MR) is 68.5 cm³/mol. The molecule has 2 aromatic carbocycles. The molecule has 0 heterocycles. The van der Waals surface area contributed by atoms with Crippen LogP contribution in [0.4, 0.5) is 4.39 Å². The molecule has 98 valence electrons. The van der Waals surface area contributed by atoms with Gasteiger partial charge in [-0.2, -0.15) is 0 Å². The van der Waals surface area contributed by atoms with E-state index in [1.54, 1.807) is 36.4 Å². The average Bonchev–Trinajstić information content (AvgIpc) is 2.37. The summed E-state index contributed by atoms with van der Waals surface area (Å²) in [6.45, 7) is 0.316. The maximum absolute atomic E-state index is 12.9. The van der Waals surface area contributed by atoms with Gasteiger partial charge in [0.25, 0.3) is 0 Å². The van der Waals surface area contributed by atoms with Gasteiger partial charge in [-0.3, -0.25) is 4.79 Å². The van der Waals surface area contributed by atoms with Gasteiger partial charge in [0.1, 0.15) is 18.2 Å². The van der Waals surface area contributed by atoms with E-state index in [0.29, 0.717) is 12.4 Å². The number of hydrogen-bond acceptors (Lipinski definition) is 2. The molecule has 4 heteroatoms. The second kappa shape index (κ2) is 6.00. The van der Waals surface area contributed by atoms with Crippen LogP contribution >= 0.6 is 0 Å². The van der Waals surface area contributed by atoms with Crippen LogP contribution in [0.15, 0.2) is 48.5 Å². The number of ether oxygens (including phenoxy) is 1. The molecule has 0 saturated heterocycles. The highest BCUT2D eigenvalue weighted by molar-refractivity contribution is 5.70. The van der Waals surface area contributed by atoms with Gasteiger partial charge in [0.2, 0.25) is 0 Å². The number of carbonyl (C=O) groups is 1. The molecular weight excluding hydrogens is 247 g/mol. The minimum absolute atomic E-state index is 0.00499. The summed E-state index contributed by atoms with van der Waals surface area (Å²) >= 11 is 0. The molecule has 0 fully saturated rings. The van der Waals surface area contributed by atoms with Crippen molar-refractivity contribution in [1.82, 2.24) is 0 Å². The molecular formula is C15H13FO3. The van der Waals surface area contributed by atoms with Crippen molar-refractivity contribution in [2.75, 3.05) is 0 Å². The van der Waals surface area contributed by atoms with E-state index < -0.39 is 5.97 Å². The monoisotopic (exact) mass is 260 g/mol. The maximum atomic E-state index is 12.9. The zero-order valence-corrected chi connectivity index (χ0v) is 10.2. The van der Waals surface area contributed by atoms with E-state index in [0.717, 1.165) is 11.1 Å². The molecule has 0 aliphatic carbocycles. The lowest BCUT2D eigenvalue weighted by Crippen LogP contribution is -2.00. The second-order valence-corrected chi connectivity index (χ2v) is 4.13. The van der Waals surface area contributed by atoms with E-state index in [2.05, 4.69) is 0 Å². The van der Waals surface area contributed by atoms with Crippen LogP contribution in [0.5, 0.6) is 5.75 Å². The number of halogens is 1. The number of rotatable bonds is 5. The number of benzene rings is 2. The quantitative estimate of drug-likeness (QED) is 0.898. The first-order valence-electron chi connectivity index (χ1n) is 5.81. The van der Waals surface area contributed by atoms with E-state index in [4.69, 9.17) is 9.84 Å². The smallest absolute Gasteiger partial charge is 0.307 e. The first kappa shape index (κ1) is 13.1. The van der Waals surface area contributed by atoms with Gasteiger partial charge in [0.05, 0.1) is 6.42 Å². The lowest BCUT2D eigenvalue weighted by atomic mass is 10.1. The minimum atomic E-state index is -0.858. The summed E-state index contributed by atoms with van der Waals surface area (Å²) in [5, 5.41) is 8.65. The molecule has 2 rings (SSSR count). The molecule has 0 radical (unpaired) electrons. The first-order valence-corrected chi connectivity index (χ1v) is 5.81.